The minimum absolute atomic E-state index is 0.00821. The number of nitrogens with zero attached hydrogens (tertiary/aromatic N) is 2. The summed E-state index contributed by atoms with van der Waals surface area (Å²) in [5.41, 5.74) is -0.549. The number of carbonyl (C=O) groups is 5. The monoisotopic (exact) mass is 1050 g/mol. The van der Waals surface area contributed by atoms with Gasteiger partial charge in [-0.25, -0.2) is 4.98 Å². The van der Waals surface area contributed by atoms with Gasteiger partial charge in [0, 0.05) is 117 Å². The molecule has 76 heavy (non-hydrogen) atoms. The van der Waals surface area contributed by atoms with Crippen molar-refractivity contribution >= 4 is 47.4 Å². The molecular weight excluding hydrogens is 983 g/mol. The molecule has 19 nitrogen and oxygen atoms in total. The summed E-state index contributed by atoms with van der Waals surface area (Å²) in [5.74, 6) is -7.66. The Morgan fingerprint density at radius 1 is 0.934 bits per heavy atom. The van der Waals surface area contributed by atoms with Crippen molar-refractivity contribution in [3.63, 3.8) is 0 Å². The summed E-state index contributed by atoms with van der Waals surface area (Å²) in [6.07, 6.45) is 4.75. The van der Waals surface area contributed by atoms with Crippen LogP contribution in [-0.4, -0.2) is 104 Å². The summed E-state index contributed by atoms with van der Waals surface area (Å²) < 4.78 is 30.9. The number of phenolic OH excluding ortho intramolecular Hbond substituents is 1. The number of ether oxygens (including phenoxy) is 4. The van der Waals surface area contributed by atoms with Crippen molar-refractivity contribution in [2.24, 2.45) is 35.5 Å². The van der Waals surface area contributed by atoms with Crippen LogP contribution in [0.25, 0.3) is 22.9 Å². The average molecular weight is 1050 g/mol. The number of fused-ring (bicyclic) bond motifs is 2. The van der Waals surface area contributed by atoms with Gasteiger partial charge in [-0.15, -0.1) is 0 Å². The number of aliphatic hydroxyl groups is 4. The summed E-state index contributed by atoms with van der Waals surface area (Å²) >= 11 is 0. The Bertz CT molecular complexity index is 3140. The number of esters is 1. The first kappa shape index (κ1) is 56.6. The third-order valence-electron chi connectivity index (χ3n) is 15.4. The van der Waals surface area contributed by atoms with Crippen LogP contribution in [-0.2, 0) is 38.2 Å². The summed E-state index contributed by atoms with van der Waals surface area (Å²) in [7, 11) is 0. The molecule has 1 amide bonds. The van der Waals surface area contributed by atoms with Crippen LogP contribution in [0, 0.1) is 53.0 Å². The van der Waals surface area contributed by atoms with Crippen molar-refractivity contribution in [3.8, 4) is 23.0 Å². The number of aldehydes is 2. The number of piperidine rings is 1. The Morgan fingerprint density at radius 3 is 2.28 bits per heavy atom. The lowest BCUT2D eigenvalue weighted by Gasteiger charge is -2.37. The fourth-order valence-corrected chi connectivity index (χ4v) is 10.4. The Morgan fingerprint density at radius 2 is 1.62 bits per heavy atom. The lowest BCUT2D eigenvalue weighted by Crippen LogP contribution is -2.45. The van der Waals surface area contributed by atoms with Gasteiger partial charge in [0.15, 0.2) is 22.6 Å². The lowest BCUT2D eigenvalue weighted by molar-refractivity contribution is -0.158. The predicted octanol–water partition coefficient (Wildman–Crippen LogP) is 4.62. The SMILES string of the molecule is C=C(CCC(=O)CC(C=O)C=O)OC1CCN(c2cc3oc4c(nc-3c(=O)c2)=c2c3c(O)c(C)c5c2=C(O)[C@@](C)(O/C=C/[C@H](C)[C@@H](C)[C@@H](OC(C)=O)[C@H](C)[C@H](O)[C@H](C)[C@@H](O)[C@@H](C)/C=C/C=C(/C)C(=O)NC=4C3O)O5)CC1. The van der Waals surface area contributed by atoms with Crippen LogP contribution in [0.2, 0.25) is 0 Å². The Labute approximate surface area is 439 Å². The van der Waals surface area contributed by atoms with Gasteiger partial charge in [0.05, 0.1) is 41.1 Å². The number of aromatic nitrogens is 1. The number of hydrogen-bond donors (Lipinski definition) is 6. The Balaban J connectivity index is 1.33. The predicted molar refractivity (Wildman–Crippen MR) is 277 cm³/mol. The lowest BCUT2D eigenvalue weighted by atomic mass is 9.77. The van der Waals surface area contributed by atoms with E-state index in [1.54, 1.807) is 45.1 Å². The largest absolute Gasteiger partial charge is 0.507 e. The zero-order valence-electron chi connectivity index (χ0n) is 44.3. The van der Waals surface area contributed by atoms with Gasteiger partial charge in [0.2, 0.25) is 5.43 Å². The topological polar surface area (TPSA) is 282 Å². The average Bonchev–Trinajstić information content (AvgIpc) is 3.67. The molecular formula is C57H69N3O16. The van der Waals surface area contributed by atoms with E-state index in [0.29, 0.717) is 50.0 Å². The zero-order chi connectivity index (χ0) is 55.7. The number of anilines is 1. The molecule has 19 heteroatoms. The second-order valence-corrected chi connectivity index (χ2v) is 20.9. The van der Waals surface area contributed by atoms with Gasteiger partial charge in [0.1, 0.15) is 53.5 Å². The third-order valence-corrected chi connectivity index (χ3v) is 15.4. The van der Waals surface area contributed by atoms with Crippen LogP contribution in [0.5, 0.6) is 11.5 Å². The van der Waals surface area contributed by atoms with E-state index >= 15 is 0 Å². The van der Waals surface area contributed by atoms with E-state index in [1.165, 1.54) is 46.1 Å². The molecule has 6 N–H and O–H groups in total. The number of aliphatic hydroxyl groups excluding tert-OH is 4. The molecule has 0 radical (unpaired) electrons. The number of Topliss-reactive ketones (excluding diaryl/α,β-unsaturated/α-hetero) is 1. The van der Waals surface area contributed by atoms with Gasteiger partial charge >= 0.3 is 11.8 Å². The van der Waals surface area contributed by atoms with Gasteiger partial charge in [-0.3, -0.25) is 19.2 Å². The molecule has 1 fully saturated rings. The highest BCUT2D eigenvalue weighted by atomic mass is 16.7. The van der Waals surface area contributed by atoms with Crippen LogP contribution < -0.4 is 31.0 Å². The molecule has 4 aliphatic heterocycles. The van der Waals surface area contributed by atoms with Crippen molar-refractivity contribution in [3.05, 3.63) is 103 Å². The van der Waals surface area contributed by atoms with Crippen LogP contribution in [0.3, 0.4) is 0 Å². The fraction of sp³-hybridized carbons (Fsp3) is 0.491. The molecule has 408 valence electrons. The number of nitrogens with one attached hydrogen (secondary N) is 1. The molecule has 7 rings (SSSR count). The maximum Gasteiger partial charge on any atom is 0.307 e. The molecule has 2 aliphatic carbocycles. The summed E-state index contributed by atoms with van der Waals surface area (Å²) in [6, 6.07) is 3.02. The normalized spacial score (nSPS) is 28.8. The van der Waals surface area contributed by atoms with E-state index in [9.17, 15) is 54.3 Å². The molecule has 4 heterocycles. The molecule has 0 spiro atoms. The van der Waals surface area contributed by atoms with Crippen molar-refractivity contribution in [1.82, 2.24) is 10.3 Å². The van der Waals surface area contributed by atoms with Crippen molar-refractivity contribution in [2.75, 3.05) is 18.0 Å². The quantitative estimate of drug-likeness (QED) is 0.0661. The standard InChI is InChI=1S/C57H69N3O16/c1-27-18-21-72-57(10)55(70)44-42-43(50(68)34(8)53(44)76-57)51(69)47(59-56(71)29(3)13-11-12-28(2)48(66)32(6)49(67)33(7)52(31(27)5)74-35(9)63)54-46(42)58-45-40(65)23-37(24-41(45)75-54)60-19-16-39(17-20-60)73-30(4)14-15-38(64)22-36(25-61)26-62/h11-13,18,21,23-28,31-33,36,39,48-49,51-52,66-70H,4,14-17,19-20,22H2,1-3,5-10H3,(H,59,71)/b12-11+,21-18+,29-13-/t27-,28-,31+,32+,33+,48-,49+,51?,52+,57-/m0/s1. The van der Waals surface area contributed by atoms with Crippen LogP contribution in [0.4, 0.5) is 5.69 Å². The molecule has 6 aliphatic rings. The number of phenols is 1. The smallest absolute Gasteiger partial charge is 0.307 e. The number of allylic oxidation sites excluding steroid dienone is 4. The molecule has 1 unspecified atom stereocenters. The Hall–Kier alpha value is -7.09. The molecule has 1 aromatic rings. The van der Waals surface area contributed by atoms with Gasteiger partial charge in [-0.05, 0) is 31.8 Å². The minimum Gasteiger partial charge on any atom is -0.507 e. The van der Waals surface area contributed by atoms with E-state index in [1.807, 2.05) is 18.7 Å². The van der Waals surface area contributed by atoms with E-state index in [2.05, 4.69) is 11.9 Å². The summed E-state index contributed by atoms with van der Waals surface area (Å²) in [6.45, 7) is 19.5. The third kappa shape index (κ3) is 11.4. The second-order valence-electron chi connectivity index (χ2n) is 20.9. The highest BCUT2D eigenvalue weighted by Crippen LogP contribution is 2.42. The highest BCUT2D eigenvalue weighted by Gasteiger charge is 2.45. The van der Waals surface area contributed by atoms with Gasteiger partial charge < -0.3 is 68.7 Å². The van der Waals surface area contributed by atoms with Crippen molar-refractivity contribution < 1.29 is 72.9 Å². The fourth-order valence-electron chi connectivity index (χ4n) is 10.4. The maximum absolute atomic E-state index is 14.2. The molecule has 10 atom stereocenters. The second kappa shape index (κ2) is 23.0. The number of rotatable bonds is 11. The van der Waals surface area contributed by atoms with Crippen molar-refractivity contribution in [2.45, 2.75) is 131 Å². The number of carbonyl (C=O) groups excluding carboxylic acids is 5. The number of hydrogen-bond acceptors (Lipinski definition) is 18. The molecule has 0 saturated carbocycles. The number of aromatic hydroxyl groups is 1. The molecule has 1 saturated heterocycles. The van der Waals surface area contributed by atoms with E-state index in [4.69, 9.17) is 28.3 Å². The first-order chi connectivity index (χ1) is 35.9. The van der Waals surface area contributed by atoms with Crippen LogP contribution in [0.1, 0.15) is 105 Å². The van der Waals surface area contributed by atoms with Crippen LogP contribution in [0.15, 0.2) is 69.8 Å². The summed E-state index contributed by atoms with van der Waals surface area (Å²) in [4.78, 5) is 81.8. The highest BCUT2D eigenvalue weighted by molar-refractivity contribution is 5.97. The van der Waals surface area contributed by atoms with E-state index in [-0.39, 0.29) is 97.9 Å². The zero-order valence-corrected chi connectivity index (χ0v) is 44.3. The van der Waals surface area contributed by atoms with Gasteiger partial charge in [0.25, 0.3) is 5.91 Å². The first-order valence-electron chi connectivity index (χ1n) is 25.7. The Kier molecular flexibility index (Phi) is 17.2. The number of amides is 1. The van der Waals surface area contributed by atoms with E-state index in [0.717, 1.165) is 0 Å². The van der Waals surface area contributed by atoms with Gasteiger partial charge in [-0.1, -0.05) is 59.4 Å². The van der Waals surface area contributed by atoms with Crippen molar-refractivity contribution in [1.29, 1.82) is 0 Å². The summed E-state index contributed by atoms with van der Waals surface area (Å²) in [5, 5.41) is 62.3. The number of ketones is 1. The minimum atomic E-state index is -1.95. The molecule has 4 bridgehead atoms. The first-order valence-corrected chi connectivity index (χ1v) is 25.7. The molecule has 0 aromatic heterocycles. The van der Waals surface area contributed by atoms with E-state index < -0.39 is 88.6 Å². The number of benzene rings is 2. The van der Waals surface area contributed by atoms with Crippen LogP contribution >= 0.6 is 0 Å². The maximum atomic E-state index is 14.2. The molecule has 1 aromatic carbocycles. The van der Waals surface area contributed by atoms with Gasteiger partial charge in [-0.2, -0.15) is 0 Å².